The van der Waals surface area contributed by atoms with E-state index in [0.717, 1.165) is 6.61 Å². The summed E-state index contributed by atoms with van der Waals surface area (Å²) < 4.78 is 20.9. The highest BCUT2D eigenvalue weighted by Crippen LogP contribution is 1.96. The first-order valence-electron chi connectivity index (χ1n) is 6.49. The molecule has 0 amide bonds. The van der Waals surface area contributed by atoms with Gasteiger partial charge < -0.3 is 18.9 Å². The summed E-state index contributed by atoms with van der Waals surface area (Å²) in [5.41, 5.74) is 0. The zero-order valence-electron chi connectivity index (χ0n) is 11.6. The molecule has 5 heteroatoms. The van der Waals surface area contributed by atoms with Crippen molar-refractivity contribution in [1.29, 1.82) is 0 Å². The van der Waals surface area contributed by atoms with Crippen LogP contribution in [0.15, 0.2) is 0 Å². The van der Waals surface area contributed by atoms with Crippen LogP contribution < -0.4 is 0 Å². The molecule has 0 aliphatic rings. The average Bonchev–Trinajstić information content (AvgIpc) is 2.30. The van der Waals surface area contributed by atoms with Crippen molar-refractivity contribution < 1.29 is 18.9 Å². The van der Waals surface area contributed by atoms with Gasteiger partial charge in [0.05, 0.1) is 39.6 Å². The van der Waals surface area contributed by atoms with Crippen LogP contribution in [0.3, 0.4) is 0 Å². The van der Waals surface area contributed by atoms with Gasteiger partial charge in [-0.2, -0.15) is 0 Å². The van der Waals surface area contributed by atoms with Gasteiger partial charge in [-0.25, -0.2) is 0 Å². The van der Waals surface area contributed by atoms with E-state index < -0.39 is 8.80 Å². The summed E-state index contributed by atoms with van der Waals surface area (Å²) in [7, 11) is 1.27. The van der Waals surface area contributed by atoms with Crippen LogP contribution in [0, 0.1) is 0 Å². The van der Waals surface area contributed by atoms with E-state index in [2.05, 4.69) is 13.1 Å². The number of ether oxygens (including phenoxy) is 4. The maximum absolute atomic E-state index is 5.47. The second-order valence-corrected chi connectivity index (χ2v) is 7.73. The van der Waals surface area contributed by atoms with E-state index in [-0.39, 0.29) is 0 Å². The highest BCUT2D eigenvalue weighted by molar-refractivity contribution is 6.55. The number of hydrogen-bond acceptors (Lipinski definition) is 4. The summed E-state index contributed by atoms with van der Waals surface area (Å²) in [6.07, 6.45) is 1.20. The van der Waals surface area contributed by atoms with Gasteiger partial charge >= 0.3 is 0 Å². The quantitative estimate of drug-likeness (QED) is 0.374. The lowest BCUT2D eigenvalue weighted by Crippen LogP contribution is -2.12. The fourth-order valence-corrected chi connectivity index (χ4v) is 2.26. The number of rotatable bonds is 13. The Kier molecular flexibility index (Phi) is 14.2. The summed E-state index contributed by atoms with van der Waals surface area (Å²) >= 11 is 0. The molecule has 0 saturated carbocycles. The summed E-state index contributed by atoms with van der Waals surface area (Å²) in [5, 5.41) is 0. The van der Waals surface area contributed by atoms with E-state index in [1.165, 1.54) is 12.5 Å². The molecule has 0 atom stereocenters. The van der Waals surface area contributed by atoms with Crippen molar-refractivity contribution in [1.82, 2.24) is 0 Å². The Morgan fingerprint density at radius 1 is 0.706 bits per heavy atom. The predicted octanol–water partition coefficient (Wildman–Crippen LogP) is 1.56. The van der Waals surface area contributed by atoms with Gasteiger partial charge in [0, 0.05) is 22.5 Å². The van der Waals surface area contributed by atoms with Crippen LogP contribution in [0.2, 0.25) is 19.1 Å². The van der Waals surface area contributed by atoms with E-state index in [1.807, 2.05) is 0 Å². The topological polar surface area (TPSA) is 36.9 Å². The second-order valence-electron chi connectivity index (χ2n) is 4.37. The monoisotopic (exact) mass is 264 g/mol. The van der Waals surface area contributed by atoms with Crippen molar-refractivity contribution >= 4 is 8.80 Å². The molecule has 104 valence electrons. The van der Waals surface area contributed by atoms with E-state index in [4.69, 9.17) is 18.9 Å². The minimum atomic E-state index is -0.393. The van der Waals surface area contributed by atoms with Gasteiger partial charge in [-0.1, -0.05) is 19.1 Å². The smallest absolute Gasteiger partial charge is 0.0701 e. The van der Waals surface area contributed by atoms with Crippen molar-refractivity contribution in [3.8, 4) is 0 Å². The van der Waals surface area contributed by atoms with Crippen LogP contribution in [0.25, 0.3) is 0 Å². The lowest BCUT2D eigenvalue weighted by molar-refractivity contribution is 0.00377. The van der Waals surface area contributed by atoms with Crippen molar-refractivity contribution in [3.63, 3.8) is 0 Å². The Labute approximate surface area is 107 Å². The average molecular weight is 264 g/mol. The third-order valence-corrected chi connectivity index (χ3v) is 3.81. The number of methoxy groups -OCH3 is 1. The van der Waals surface area contributed by atoms with Gasteiger partial charge in [-0.3, -0.25) is 0 Å². The SMILES string of the molecule is COCCOCCOCCOCCC[SiH](C)C. The molecule has 0 aliphatic heterocycles. The summed E-state index contributed by atoms with van der Waals surface area (Å²) in [6.45, 7) is 9.49. The van der Waals surface area contributed by atoms with Crippen molar-refractivity contribution in [2.75, 3.05) is 53.4 Å². The van der Waals surface area contributed by atoms with Gasteiger partial charge in [0.15, 0.2) is 0 Å². The molecular formula is C12H28O4Si. The maximum Gasteiger partial charge on any atom is 0.0701 e. The standard InChI is InChI=1S/C12H28O4Si/c1-13-6-7-15-10-11-16-9-8-14-5-4-12-17(2)3/h17H,4-12H2,1-3H3. The Bertz CT molecular complexity index is 144. The predicted molar refractivity (Wildman–Crippen MR) is 72.6 cm³/mol. The molecule has 0 heterocycles. The molecule has 0 unspecified atom stereocenters. The van der Waals surface area contributed by atoms with Gasteiger partial charge in [0.1, 0.15) is 0 Å². The zero-order chi connectivity index (χ0) is 12.8. The third kappa shape index (κ3) is 16.1. The molecule has 0 aromatic rings. The third-order valence-electron chi connectivity index (χ3n) is 2.25. The fourth-order valence-electron chi connectivity index (χ4n) is 1.28. The first-order valence-corrected chi connectivity index (χ1v) is 9.62. The Morgan fingerprint density at radius 2 is 1.18 bits per heavy atom. The zero-order valence-corrected chi connectivity index (χ0v) is 12.7. The normalized spacial score (nSPS) is 11.3. The highest BCUT2D eigenvalue weighted by Gasteiger charge is 1.95. The minimum absolute atomic E-state index is 0.393. The van der Waals surface area contributed by atoms with Crippen LogP contribution in [-0.2, 0) is 18.9 Å². The highest BCUT2D eigenvalue weighted by atomic mass is 28.3. The molecule has 0 aromatic carbocycles. The molecule has 0 aliphatic carbocycles. The van der Waals surface area contributed by atoms with Crippen molar-refractivity contribution in [2.45, 2.75) is 25.6 Å². The summed E-state index contributed by atoms with van der Waals surface area (Å²) in [6, 6.07) is 1.37. The molecule has 0 fully saturated rings. The van der Waals surface area contributed by atoms with Crippen LogP contribution in [0.1, 0.15) is 6.42 Å². The van der Waals surface area contributed by atoms with E-state index in [9.17, 15) is 0 Å². The van der Waals surface area contributed by atoms with Gasteiger partial charge in [0.25, 0.3) is 0 Å². The molecule has 0 rings (SSSR count). The number of hydrogen-bond donors (Lipinski definition) is 0. The molecule has 0 aromatic heterocycles. The Balaban J connectivity index is 2.89. The van der Waals surface area contributed by atoms with Gasteiger partial charge in [-0.15, -0.1) is 0 Å². The first kappa shape index (κ1) is 17.1. The second kappa shape index (κ2) is 14.1. The van der Waals surface area contributed by atoms with Gasteiger partial charge in [-0.05, 0) is 6.42 Å². The summed E-state index contributed by atoms with van der Waals surface area (Å²) in [5.74, 6) is 0. The Hall–Kier alpha value is 0.0569. The van der Waals surface area contributed by atoms with E-state index >= 15 is 0 Å². The first-order chi connectivity index (χ1) is 8.27. The van der Waals surface area contributed by atoms with Crippen LogP contribution >= 0.6 is 0 Å². The summed E-state index contributed by atoms with van der Waals surface area (Å²) in [4.78, 5) is 0. The van der Waals surface area contributed by atoms with Crippen molar-refractivity contribution in [3.05, 3.63) is 0 Å². The van der Waals surface area contributed by atoms with E-state index in [1.54, 1.807) is 7.11 Å². The van der Waals surface area contributed by atoms with Crippen molar-refractivity contribution in [2.24, 2.45) is 0 Å². The molecule has 0 spiro atoms. The molecule has 0 saturated heterocycles. The molecule has 0 N–H and O–H groups in total. The lowest BCUT2D eigenvalue weighted by atomic mass is 10.5. The molecule has 0 bridgehead atoms. The van der Waals surface area contributed by atoms with Crippen LogP contribution in [0.4, 0.5) is 0 Å². The molecule has 4 nitrogen and oxygen atoms in total. The molecule has 0 radical (unpaired) electrons. The van der Waals surface area contributed by atoms with Gasteiger partial charge in [0.2, 0.25) is 0 Å². The molecular weight excluding hydrogens is 236 g/mol. The van der Waals surface area contributed by atoms with E-state index in [0.29, 0.717) is 39.6 Å². The largest absolute Gasteiger partial charge is 0.382 e. The van der Waals surface area contributed by atoms with Crippen LogP contribution in [-0.4, -0.2) is 62.2 Å². The van der Waals surface area contributed by atoms with Crippen LogP contribution in [0.5, 0.6) is 0 Å². The maximum atomic E-state index is 5.47. The molecule has 17 heavy (non-hydrogen) atoms. The Morgan fingerprint density at radius 3 is 1.65 bits per heavy atom. The minimum Gasteiger partial charge on any atom is -0.382 e. The fraction of sp³-hybridized carbons (Fsp3) is 1.00. The lowest BCUT2D eigenvalue weighted by Gasteiger charge is -2.07.